The van der Waals surface area contributed by atoms with E-state index in [1.165, 1.54) is 0 Å². The lowest BCUT2D eigenvalue weighted by Crippen LogP contribution is -2.55. The number of halogens is 1. The van der Waals surface area contributed by atoms with Crippen molar-refractivity contribution in [2.75, 3.05) is 45.9 Å². The molecule has 1 aliphatic carbocycles. The summed E-state index contributed by atoms with van der Waals surface area (Å²) in [6.07, 6.45) is 4.87. The molecule has 220 valence electrons. The number of nitrogens with one attached hydrogen (secondary N) is 1. The predicted molar refractivity (Wildman–Crippen MR) is 158 cm³/mol. The number of benzene rings is 1. The number of rotatable bonds is 6. The number of nitrogens with zero attached hydrogens (tertiary/aromatic N) is 4. The number of guanidine groups is 1. The largest absolute Gasteiger partial charge is 0.395 e. The highest BCUT2D eigenvalue weighted by atomic mass is 35.5. The van der Waals surface area contributed by atoms with Crippen LogP contribution in [0.5, 0.6) is 0 Å². The van der Waals surface area contributed by atoms with Gasteiger partial charge in [-0.25, -0.2) is 0 Å². The van der Waals surface area contributed by atoms with Crippen LogP contribution >= 0.6 is 11.6 Å². The molecule has 3 atom stereocenters. The fraction of sp³-hybridized carbons (Fsp3) is 0.710. The Hall–Kier alpha value is -2.32. The minimum Gasteiger partial charge on any atom is -0.395 e. The maximum absolute atomic E-state index is 14.2. The molecule has 0 aromatic heterocycles. The van der Waals surface area contributed by atoms with Crippen molar-refractivity contribution in [2.45, 2.75) is 77.8 Å². The molecule has 4 aliphatic rings. The van der Waals surface area contributed by atoms with Gasteiger partial charge in [-0.2, -0.15) is 0 Å². The molecule has 40 heavy (non-hydrogen) atoms. The molecule has 3 aliphatic heterocycles. The van der Waals surface area contributed by atoms with Gasteiger partial charge in [0.05, 0.1) is 30.5 Å². The Morgan fingerprint density at radius 3 is 2.42 bits per heavy atom. The van der Waals surface area contributed by atoms with Crippen LogP contribution in [0.2, 0.25) is 5.02 Å². The lowest BCUT2D eigenvalue weighted by atomic mass is 9.74. The second-order valence-corrected chi connectivity index (χ2v) is 14.1. The first-order chi connectivity index (χ1) is 19.0. The van der Waals surface area contributed by atoms with Crippen LogP contribution < -0.4 is 5.32 Å². The summed E-state index contributed by atoms with van der Waals surface area (Å²) < 4.78 is 0. The van der Waals surface area contributed by atoms with E-state index in [0.29, 0.717) is 30.1 Å². The molecule has 3 fully saturated rings. The summed E-state index contributed by atoms with van der Waals surface area (Å²) >= 11 is 6.18. The van der Waals surface area contributed by atoms with Crippen LogP contribution in [-0.2, 0) is 9.59 Å². The van der Waals surface area contributed by atoms with E-state index in [2.05, 4.69) is 34.0 Å². The van der Waals surface area contributed by atoms with Gasteiger partial charge in [-0.1, -0.05) is 37.6 Å². The maximum atomic E-state index is 14.2. The Morgan fingerprint density at radius 1 is 1.10 bits per heavy atom. The topological polar surface area (TPSA) is 88.5 Å². The fourth-order valence-electron chi connectivity index (χ4n) is 6.98. The highest BCUT2D eigenvalue weighted by Crippen LogP contribution is 2.40. The van der Waals surface area contributed by atoms with Crippen LogP contribution in [-0.4, -0.2) is 95.5 Å². The first-order valence-corrected chi connectivity index (χ1v) is 15.4. The standard InChI is InChI=1S/C31H46ClN5O3/c1-30(2)12-9-23(10-13-30)37(28(40)31(3,4)20-38)24-11-16-35(17-24)27(39)26-19-36(29-33-14-15-34-29)18-25(26)21-5-7-22(32)8-6-21/h5-8,23-26,38H,9-20H2,1-4H3,(H,33,34)/t24-,25-,26+/m0/s1. The third-order valence-electron chi connectivity index (χ3n) is 9.67. The average Bonchev–Trinajstić information content (AvgIpc) is 3.71. The van der Waals surface area contributed by atoms with Gasteiger partial charge < -0.3 is 25.1 Å². The van der Waals surface area contributed by atoms with Crippen LogP contribution in [0.3, 0.4) is 0 Å². The fourth-order valence-corrected chi connectivity index (χ4v) is 7.11. The molecule has 0 spiro atoms. The Kier molecular flexibility index (Phi) is 8.40. The smallest absolute Gasteiger partial charge is 0.231 e. The van der Waals surface area contributed by atoms with E-state index in [1.54, 1.807) is 0 Å². The lowest BCUT2D eigenvalue weighted by molar-refractivity contribution is -0.149. The first-order valence-electron chi connectivity index (χ1n) is 15.0. The molecule has 1 aromatic carbocycles. The van der Waals surface area contributed by atoms with E-state index in [1.807, 2.05) is 43.0 Å². The Balaban J connectivity index is 1.35. The molecule has 2 amide bonds. The molecule has 2 N–H and O–H groups in total. The number of carbonyl (C=O) groups excluding carboxylic acids is 2. The molecule has 0 radical (unpaired) electrons. The van der Waals surface area contributed by atoms with Crippen LogP contribution in [0, 0.1) is 16.7 Å². The second kappa shape index (κ2) is 11.5. The highest BCUT2D eigenvalue weighted by molar-refractivity contribution is 6.30. The SMILES string of the molecule is CC1(C)CCC(N(C(=O)C(C)(C)CO)[C@H]2CCN(C(=O)[C@@H]3CN(C4=NCCN4)C[C@H]3c3ccc(Cl)cc3)C2)CC1. The second-order valence-electron chi connectivity index (χ2n) is 13.7. The summed E-state index contributed by atoms with van der Waals surface area (Å²) in [6, 6.07) is 8.00. The minimum atomic E-state index is -0.842. The predicted octanol–water partition coefficient (Wildman–Crippen LogP) is 3.73. The van der Waals surface area contributed by atoms with E-state index in [0.717, 1.165) is 63.3 Å². The minimum absolute atomic E-state index is 0.00964. The Morgan fingerprint density at radius 2 is 1.80 bits per heavy atom. The molecule has 8 nitrogen and oxygen atoms in total. The maximum Gasteiger partial charge on any atom is 0.231 e. The number of aliphatic imine (C=N–C) groups is 1. The van der Waals surface area contributed by atoms with Crippen molar-refractivity contribution in [2.24, 2.45) is 21.7 Å². The van der Waals surface area contributed by atoms with Gasteiger partial charge in [0.2, 0.25) is 11.8 Å². The number of hydrogen-bond acceptors (Lipinski definition) is 6. The summed E-state index contributed by atoms with van der Waals surface area (Å²) in [4.78, 5) is 38.9. The number of aliphatic hydroxyl groups is 1. The Labute approximate surface area is 244 Å². The molecule has 0 unspecified atom stereocenters. The number of carbonyl (C=O) groups is 2. The third-order valence-corrected chi connectivity index (χ3v) is 9.92. The quantitative estimate of drug-likeness (QED) is 0.543. The number of amides is 2. The molecule has 5 rings (SSSR count). The van der Waals surface area contributed by atoms with Crippen molar-refractivity contribution < 1.29 is 14.7 Å². The van der Waals surface area contributed by atoms with Gasteiger partial charge in [0.1, 0.15) is 0 Å². The normalized spacial score (nSPS) is 27.1. The molecular formula is C31H46ClN5O3. The zero-order chi connectivity index (χ0) is 28.7. The van der Waals surface area contributed by atoms with Crippen LogP contribution in [0.1, 0.15) is 71.3 Å². The summed E-state index contributed by atoms with van der Waals surface area (Å²) in [6.45, 7) is 12.2. The van der Waals surface area contributed by atoms with Crippen LogP contribution in [0.25, 0.3) is 0 Å². The van der Waals surface area contributed by atoms with E-state index in [-0.39, 0.29) is 42.3 Å². The first kappa shape index (κ1) is 29.2. The monoisotopic (exact) mass is 571 g/mol. The molecule has 1 saturated carbocycles. The van der Waals surface area contributed by atoms with Crippen molar-refractivity contribution in [3.8, 4) is 0 Å². The van der Waals surface area contributed by atoms with Crippen LogP contribution in [0.4, 0.5) is 0 Å². The molecule has 2 saturated heterocycles. The zero-order valence-corrected chi connectivity index (χ0v) is 25.3. The molecule has 1 aromatic rings. The third kappa shape index (κ3) is 5.98. The summed E-state index contributed by atoms with van der Waals surface area (Å²) in [7, 11) is 0. The van der Waals surface area contributed by atoms with Gasteiger partial charge >= 0.3 is 0 Å². The molecule has 3 heterocycles. The summed E-state index contributed by atoms with van der Waals surface area (Å²) in [5.41, 5.74) is 0.565. The molecule has 9 heteroatoms. The average molecular weight is 572 g/mol. The van der Waals surface area contributed by atoms with Gasteiger partial charge in [0.25, 0.3) is 0 Å². The van der Waals surface area contributed by atoms with Gasteiger partial charge in [-0.15, -0.1) is 0 Å². The number of hydrogen-bond donors (Lipinski definition) is 2. The van der Waals surface area contributed by atoms with E-state index < -0.39 is 5.41 Å². The summed E-state index contributed by atoms with van der Waals surface area (Å²) in [5, 5.41) is 14.1. The van der Waals surface area contributed by atoms with Crippen LogP contribution in [0.15, 0.2) is 29.3 Å². The van der Waals surface area contributed by atoms with E-state index in [4.69, 9.17) is 11.6 Å². The zero-order valence-electron chi connectivity index (χ0n) is 24.5. The summed E-state index contributed by atoms with van der Waals surface area (Å²) in [5.74, 6) is 0.897. The van der Waals surface area contributed by atoms with Gasteiger partial charge in [-0.3, -0.25) is 14.6 Å². The lowest BCUT2D eigenvalue weighted by Gasteiger charge is -2.45. The number of aliphatic hydroxyl groups excluding tert-OH is 1. The van der Waals surface area contributed by atoms with E-state index in [9.17, 15) is 14.7 Å². The van der Waals surface area contributed by atoms with Crippen molar-refractivity contribution in [1.82, 2.24) is 20.0 Å². The van der Waals surface area contributed by atoms with Gasteiger partial charge in [0, 0.05) is 49.7 Å². The molecule has 0 bridgehead atoms. The highest BCUT2D eigenvalue weighted by Gasteiger charge is 2.46. The van der Waals surface area contributed by atoms with Crippen molar-refractivity contribution in [3.05, 3.63) is 34.9 Å². The van der Waals surface area contributed by atoms with Gasteiger partial charge in [-0.05, 0) is 69.1 Å². The Bertz CT molecular complexity index is 1110. The number of likely N-dealkylation sites (tertiary alicyclic amines) is 2. The van der Waals surface area contributed by atoms with Crippen molar-refractivity contribution in [1.29, 1.82) is 0 Å². The van der Waals surface area contributed by atoms with Crippen molar-refractivity contribution in [3.63, 3.8) is 0 Å². The molecular weight excluding hydrogens is 526 g/mol. The van der Waals surface area contributed by atoms with E-state index >= 15 is 0 Å². The van der Waals surface area contributed by atoms with Crippen molar-refractivity contribution >= 4 is 29.4 Å². The van der Waals surface area contributed by atoms with Gasteiger partial charge in [0.15, 0.2) is 5.96 Å².